The van der Waals surface area contributed by atoms with E-state index in [-0.39, 0.29) is 11.0 Å². The van der Waals surface area contributed by atoms with Crippen molar-refractivity contribution in [3.8, 4) is 0 Å². The van der Waals surface area contributed by atoms with Crippen LogP contribution in [0.15, 0.2) is 18.2 Å². The summed E-state index contributed by atoms with van der Waals surface area (Å²) in [6.45, 7) is 6.21. The van der Waals surface area contributed by atoms with Gasteiger partial charge in [0, 0.05) is 5.56 Å². The standard InChI is InChI=1S/C17H24OS/c1-12-8-9-16(10-13(12)2)17(18)14(3)19-11-15-6-4-5-7-15/h8-10,14-15H,4-7,11H2,1-3H3. The molecule has 104 valence electrons. The van der Waals surface area contributed by atoms with Gasteiger partial charge in [0.15, 0.2) is 5.78 Å². The zero-order chi connectivity index (χ0) is 13.8. The SMILES string of the molecule is Cc1ccc(C(=O)C(C)SCC2CCCC2)cc1C. The summed E-state index contributed by atoms with van der Waals surface area (Å²) < 4.78 is 0. The van der Waals surface area contributed by atoms with E-state index in [4.69, 9.17) is 0 Å². The van der Waals surface area contributed by atoms with E-state index >= 15 is 0 Å². The predicted octanol–water partition coefficient (Wildman–Crippen LogP) is 4.80. The van der Waals surface area contributed by atoms with Crippen molar-refractivity contribution in [3.63, 3.8) is 0 Å². The van der Waals surface area contributed by atoms with Gasteiger partial charge in [0.05, 0.1) is 5.25 Å². The molecule has 19 heavy (non-hydrogen) atoms. The second kappa shape index (κ2) is 6.60. The van der Waals surface area contributed by atoms with Gasteiger partial charge in [0.25, 0.3) is 0 Å². The fourth-order valence-electron chi connectivity index (χ4n) is 2.66. The van der Waals surface area contributed by atoms with Crippen molar-refractivity contribution >= 4 is 17.5 Å². The van der Waals surface area contributed by atoms with Crippen LogP contribution in [0.4, 0.5) is 0 Å². The van der Waals surface area contributed by atoms with E-state index in [1.54, 1.807) is 0 Å². The highest BCUT2D eigenvalue weighted by atomic mass is 32.2. The quantitative estimate of drug-likeness (QED) is 0.719. The van der Waals surface area contributed by atoms with Crippen LogP contribution < -0.4 is 0 Å². The molecule has 0 heterocycles. The minimum absolute atomic E-state index is 0.0858. The third-order valence-electron chi connectivity index (χ3n) is 4.22. The van der Waals surface area contributed by atoms with Crippen LogP contribution in [0, 0.1) is 19.8 Å². The Labute approximate surface area is 121 Å². The lowest BCUT2D eigenvalue weighted by atomic mass is 10.0. The predicted molar refractivity (Wildman–Crippen MR) is 84.1 cm³/mol. The molecule has 0 N–H and O–H groups in total. The molecule has 2 heteroatoms. The second-order valence-corrected chi connectivity index (χ2v) is 7.16. The summed E-state index contributed by atoms with van der Waals surface area (Å²) in [5, 5.41) is 0.0858. The number of carbonyl (C=O) groups excluding carboxylic acids is 1. The first kappa shape index (κ1) is 14.6. The number of ketones is 1. The summed E-state index contributed by atoms with van der Waals surface area (Å²) in [4.78, 5) is 12.4. The van der Waals surface area contributed by atoms with Crippen LogP contribution in [0.5, 0.6) is 0 Å². The van der Waals surface area contributed by atoms with E-state index in [9.17, 15) is 4.79 Å². The van der Waals surface area contributed by atoms with Crippen molar-refractivity contribution in [2.24, 2.45) is 5.92 Å². The lowest BCUT2D eigenvalue weighted by Crippen LogP contribution is -2.15. The summed E-state index contributed by atoms with van der Waals surface area (Å²) in [5.41, 5.74) is 3.33. The van der Waals surface area contributed by atoms with E-state index in [1.807, 2.05) is 23.9 Å². The first-order valence-corrected chi connectivity index (χ1v) is 8.36. The number of Topliss-reactive ketones (excluding diaryl/α,β-unsaturated/α-hetero) is 1. The fourth-order valence-corrected chi connectivity index (χ4v) is 3.84. The molecule has 0 saturated heterocycles. The molecule has 1 atom stereocenters. The van der Waals surface area contributed by atoms with E-state index in [0.717, 1.165) is 17.2 Å². The number of hydrogen-bond acceptors (Lipinski definition) is 2. The van der Waals surface area contributed by atoms with Crippen molar-refractivity contribution in [2.45, 2.75) is 51.7 Å². The van der Waals surface area contributed by atoms with Gasteiger partial charge >= 0.3 is 0 Å². The van der Waals surface area contributed by atoms with Gasteiger partial charge in [0.1, 0.15) is 0 Å². The van der Waals surface area contributed by atoms with Crippen LogP contribution in [0.3, 0.4) is 0 Å². The van der Waals surface area contributed by atoms with Crippen LogP contribution in [0.1, 0.15) is 54.1 Å². The highest BCUT2D eigenvalue weighted by Gasteiger charge is 2.20. The molecular weight excluding hydrogens is 252 g/mol. The molecule has 0 aromatic heterocycles. The summed E-state index contributed by atoms with van der Waals surface area (Å²) >= 11 is 1.84. The van der Waals surface area contributed by atoms with Crippen LogP contribution in [-0.4, -0.2) is 16.8 Å². The summed E-state index contributed by atoms with van der Waals surface area (Å²) in [6.07, 6.45) is 5.48. The van der Waals surface area contributed by atoms with Crippen LogP contribution in [0.25, 0.3) is 0 Å². The van der Waals surface area contributed by atoms with Crippen LogP contribution in [0.2, 0.25) is 0 Å². The van der Waals surface area contributed by atoms with Gasteiger partial charge in [-0.25, -0.2) is 0 Å². The van der Waals surface area contributed by atoms with Gasteiger partial charge in [-0.15, -0.1) is 0 Å². The van der Waals surface area contributed by atoms with E-state index < -0.39 is 0 Å². The number of rotatable bonds is 5. The van der Waals surface area contributed by atoms with Gasteiger partial charge in [-0.2, -0.15) is 11.8 Å². The maximum absolute atomic E-state index is 12.4. The zero-order valence-corrected chi connectivity index (χ0v) is 13.1. The molecule has 1 fully saturated rings. The molecule has 1 aromatic rings. The molecule has 0 amide bonds. The maximum Gasteiger partial charge on any atom is 0.175 e. The lowest BCUT2D eigenvalue weighted by molar-refractivity contribution is 0.0994. The van der Waals surface area contributed by atoms with Gasteiger partial charge < -0.3 is 0 Å². The Morgan fingerprint density at radius 3 is 2.58 bits per heavy atom. The number of thioether (sulfide) groups is 1. The molecule has 1 aliphatic carbocycles. The zero-order valence-electron chi connectivity index (χ0n) is 12.2. The molecule has 1 unspecified atom stereocenters. The Bertz CT molecular complexity index is 447. The average Bonchev–Trinajstić information content (AvgIpc) is 2.91. The van der Waals surface area contributed by atoms with E-state index in [1.165, 1.54) is 36.8 Å². The van der Waals surface area contributed by atoms with Crippen molar-refractivity contribution in [1.82, 2.24) is 0 Å². The summed E-state index contributed by atoms with van der Waals surface area (Å²) in [6, 6.07) is 6.05. The third kappa shape index (κ3) is 3.85. The average molecular weight is 276 g/mol. The van der Waals surface area contributed by atoms with Crippen molar-refractivity contribution in [3.05, 3.63) is 34.9 Å². The van der Waals surface area contributed by atoms with Gasteiger partial charge in [-0.05, 0) is 62.5 Å². The smallest absolute Gasteiger partial charge is 0.175 e. The normalized spacial score (nSPS) is 17.6. The first-order chi connectivity index (χ1) is 9.08. The van der Waals surface area contributed by atoms with Crippen LogP contribution in [-0.2, 0) is 0 Å². The molecule has 1 nitrogen and oxygen atoms in total. The molecule has 1 aromatic carbocycles. The summed E-state index contributed by atoms with van der Waals surface area (Å²) in [7, 11) is 0. The molecule has 0 bridgehead atoms. The maximum atomic E-state index is 12.4. The van der Waals surface area contributed by atoms with E-state index in [2.05, 4.69) is 26.8 Å². The Morgan fingerprint density at radius 1 is 1.26 bits per heavy atom. The van der Waals surface area contributed by atoms with Crippen molar-refractivity contribution < 1.29 is 4.79 Å². The minimum Gasteiger partial charge on any atom is -0.293 e. The highest BCUT2D eigenvalue weighted by Crippen LogP contribution is 2.30. The second-order valence-electron chi connectivity index (χ2n) is 5.79. The topological polar surface area (TPSA) is 17.1 Å². The molecule has 0 aliphatic heterocycles. The van der Waals surface area contributed by atoms with Crippen LogP contribution >= 0.6 is 11.8 Å². The Morgan fingerprint density at radius 2 is 1.95 bits per heavy atom. The largest absolute Gasteiger partial charge is 0.293 e. The minimum atomic E-state index is 0.0858. The highest BCUT2D eigenvalue weighted by molar-refractivity contribution is 8.00. The van der Waals surface area contributed by atoms with E-state index in [0.29, 0.717) is 0 Å². The fraction of sp³-hybridized carbons (Fsp3) is 0.588. The lowest BCUT2D eigenvalue weighted by Gasteiger charge is -2.14. The monoisotopic (exact) mass is 276 g/mol. The number of aryl methyl sites for hydroxylation is 2. The third-order valence-corrected chi connectivity index (χ3v) is 5.60. The first-order valence-electron chi connectivity index (χ1n) is 7.31. The number of benzene rings is 1. The Hall–Kier alpha value is -0.760. The van der Waals surface area contributed by atoms with Gasteiger partial charge in [-0.3, -0.25) is 4.79 Å². The number of hydrogen-bond donors (Lipinski definition) is 0. The van der Waals surface area contributed by atoms with Gasteiger partial charge in [-0.1, -0.05) is 25.0 Å². The molecule has 1 saturated carbocycles. The Kier molecular flexibility index (Phi) is 5.09. The van der Waals surface area contributed by atoms with Crippen molar-refractivity contribution in [2.75, 3.05) is 5.75 Å². The molecule has 0 spiro atoms. The number of carbonyl (C=O) groups is 1. The molecule has 1 aliphatic rings. The molecular formula is C17H24OS. The molecule has 2 rings (SSSR count). The Balaban J connectivity index is 1.92. The van der Waals surface area contributed by atoms with Gasteiger partial charge in [0.2, 0.25) is 0 Å². The summed E-state index contributed by atoms with van der Waals surface area (Å²) in [5.74, 6) is 2.28. The van der Waals surface area contributed by atoms with Crippen molar-refractivity contribution in [1.29, 1.82) is 0 Å². The molecule has 0 radical (unpaired) electrons.